The van der Waals surface area contributed by atoms with Gasteiger partial charge in [-0.3, -0.25) is 4.79 Å². The van der Waals surface area contributed by atoms with Crippen LogP contribution in [0.5, 0.6) is 0 Å². The molecule has 0 aliphatic rings. The molecule has 72 valence electrons. The van der Waals surface area contributed by atoms with Crippen LogP contribution in [-0.4, -0.2) is 30.1 Å². The fraction of sp³-hybridized carbons (Fsp3) is 0.875. The largest absolute Gasteiger partial charge is 0.433 e. The van der Waals surface area contributed by atoms with E-state index in [-0.39, 0.29) is 0 Å². The normalized spacial score (nSPS) is 15.3. The van der Waals surface area contributed by atoms with Crippen LogP contribution < -0.4 is 0 Å². The smallest absolute Gasteiger partial charge is 0.305 e. The van der Waals surface area contributed by atoms with Crippen molar-refractivity contribution in [2.75, 3.05) is 6.61 Å². The fourth-order valence-corrected chi connectivity index (χ4v) is 0.669. The number of esters is 1. The van der Waals surface area contributed by atoms with Gasteiger partial charge in [0, 0.05) is 6.92 Å². The maximum absolute atomic E-state index is 10.5. The third-order valence-electron chi connectivity index (χ3n) is 1.16. The molecule has 0 saturated carbocycles. The molecule has 0 aliphatic heterocycles. The Balaban J connectivity index is 3.78. The topological polar surface area (TPSA) is 55.8 Å². The van der Waals surface area contributed by atoms with Crippen LogP contribution in [-0.2, 0) is 14.3 Å². The Hall–Kier alpha value is -0.610. The summed E-state index contributed by atoms with van der Waals surface area (Å²) < 4.78 is 9.77. The zero-order valence-electron chi connectivity index (χ0n) is 7.74. The molecular formula is C8H16O4. The van der Waals surface area contributed by atoms with Crippen LogP contribution in [0.1, 0.15) is 27.2 Å². The third-order valence-corrected chi connectivity index (χ3v) is 1.16. The van der Waals surface area contributed by atoms with Gasteiger partial charge in [-0.2, -0.15) is 0 Å². The number of aliphatic hydroxyl groups excluding tert-OH is 1. The average molecular weight is 176 g/mol. The molecule has 12 heavy (non-hydrogen) atoms. The highest BCUT2D eigenvalue weighted by atomic mass is 16.7. The molecule has 0 aliphatic carbocycles. The van der Waals surface area contributed by atoms with Crippen molar-refractivity contribution in [2.24, 2.45) is 0 Å². The first-order valence-corrected chi connectivity index (χ1v) is 4.04. The highest BCUT2D eigenvalue weighted by Gasteiger charge is 2.17. The second-order valence-corrected chi connectivity index (χ2v) is 2.59. The number of carbonyl (C=O) groups is 1. The Morgan fingerprint density at radius 1 is 1.58 bits per heavy atom. The summed E-state index contributed by atoms with van der Waals surface area (Å²) in [5.41, 5.74) is 0. The molecule has 1 N–H and O–H groups in total. The van der Waals surface area contributed by atoms with Gasteiger partial charge >= 0.3 is 5.97 Å². The summed E-state index contributed by atoms with van der Waals surface area (Å²) in [5.74, 6) is -0.447. The summed E-state index contributed by atoms with van der Waals surface area (Å²) in [6, 6.07) is 0. The summed E-state index contributed by atoms with van der Waals surface area (Å²) in [5, 5.41) is 9.09. The Bertz CT molecular complexity index is 133. The van der Waals surface area contributed by atoms with E-state index >= 15 is 0 Å². The molecule has 2 atom stereocenters. The first kappa shape index (κ1) is 11.4. The van der Waals surface area contributed by atoms with Crippen molar-refractivity contribution in [1.29, 1.82) is 0 Å². The number of aliphatic hydroxyl groups is 1. The van der Waals surface area contributed by atoms with Gasteiger partial charge in [0.25, 0.3) is 0 Å². The maximum atomic E-state index is 10.5. The van der Waals surface area contributed by atoms with E-state index in [4.69, 9.17) is 14.6 Å². The average Bonchev–Trinajstić information content (AvgIpc) is 1.96. The highest BCUT2D eigenvalue weighted by molar-refractivity contribution is 5.66. The zero-order valence-corrected chi connectivity index (χ0v) is 7.74. The number of hydrogen-bond acceptors (Lipinski definition) is 4. The minimum Gasteiger partial charge on any atom is -0.433 e. The third kappa shape index (κ3) is 5.09. The minimum absolute atomic E-state index is 0.447. The molecule has 0 saturated heterocycles. The summed E-state index contributed by atoms with van der Waals surface area (Å²) in [7, 11) is 0. The standard InChI is InChI=1S/C8H16O4/c1-4-5-11-8(6(2)9)12-7(3)10/h6,8-9H,4-5H2,1-3H3. The van der Waals surface area contributed by atoms with Gasteiger partial charge < -0.3 is 14.6 Å². The zero-order chi connectivity index (χ0) is 9.56. The molecular weight excluding hydrogens is 160 g/mol. The Morgan fingerprint density at radius 2 is 2.17 bits per heavy atom. The molecule has 0 heterocycles. The predicted octanol–water partition coefficient (Wildman–Crippen LogP) is 0.683. The second-order valence-electron chi connectivity index (χ2n) is 2.59. The lowest BCUT2D eigenvalue weighted by atomic mass is 10.4. The summed E-state index contributed by atoms with van der Waals surface area (Å²) in [4.78, 5) is 10.5. The summed E-state index contributed by atoms with van der Waals surface area (Å²) in [6.07, 6.45) is -0.798. The molecule has 0 aromatic rings. The number of hydrogen-bond donors (Lipinski definition) is 1. The van der Waals surface area contributed by atoms with Crippen molar-refractivity contribution in [2.45, 2.75) is 39.6 Å². The molecule has 2 unspecified atom stereocenters. The van der Waals surface area contributed by atoms with Crippen LogP contribution in [0.15, 0.2) is 0 Å². The monoisotopic (exact) mass is 176 g/mol. The molecule has 4 heteroatoms. The van der Waals surface area contributed by atoms with E-state index in [0.29, 0.717) is 6.61 Å². The van der Waals surface area contributed by atoms with Gasteiger partial charge in [0.15, 0.2) is 0 Å². The van der Waals surface area contributed by atoms with E-state index in [1.54, 1.807) is 0 Å². The van der Waals surface area contributed by atoms with Gasteiger partial charge in [-0.15, -0.1) is 0 Å². The van der Waals surface area contributed by atoms with Crippen LogP contribution >= 0.6 is 0 Å². The van der Waals surface area contributed by atoms with Crippen molar-refractivity contribution >= 4 is 5.97 Å². The van der Waals surface area contributed by atoms with E-state index in [1.807, 2.05) is 6.92 Å². The quantitative estimate of drug-likeness (QED) is 0.494. The Kier molecular flexibility index (Phi) is 5.66. The van der Waals surface area contributed by atoms with Crippen molar-refractivity contribution in [1.82, 2.24) is 0 Å². The van der Waals surface area contributed by atoms with Crippen molar-refractivity contribution in [3.8, 4) is 0 Å². The van der Waals surface area contributed by atoms with Gasteiger partial charge in [-0.05, 0) is 13.3 Å². The van der Waals surface area contributed by atoms with E-state index in [2.05, 4.69) is 0 Å². The van der Waals surface area contributed by atoms with E-state index in [1.165, 1.54) is 13.8 Å². The van der Waals surface area contributed by atoms with Gasteiger partial charge in [0.2, 0.25) is 6.29 Å². The lowest BCUT2D eigenvalue weighted by molar-refractivity contribution is -0.198. The molecule has 4 nitrogen and oxygen atoms in total. The molecule has 0 rings (SSSR count). The van der Waals surface area contributed by atoms with Crippen molar-refractivity contribution in [3.63, 3.8) is 0 Å². The second kappa shape index (κ2) is 5.97. The molecule has 0 aromatic heterocycles. The van der Waals surface area contributed by atoms with Gasteiger partial charge in [0.05, 0.1) is 6.61 Å². The maximum Gasteiger partial charge on any atom is 0.305 e. The Labute approximate surface area is 72.5 Å². The molecule has 0 radical (unpaired) electrons. The van der Waals surface area contributed by atoms with E-state index in [9.17, 15) is 4.79 Å². The highest BCUT2D eigenvalue weighted by Crippen LogP contribution is 2.02. The molecule has 0 spiro atoms. The van der Waals surface area contributed by atoms with Crippen LogP contribution in [0.4, 0.5) is 0 Å². The lowest BCUT2D eigenvalue weighted by Crippen LogP contribution is -2.31. The molecule has 0 amide bonds. The van der Waals surface area contributed by atoms with Crippen LogP contribution in [0, 0.1) is 0 Å². The van der Waals surface area contributed by atoms with E-state index < -0.39 is 18.4 Å². The summed E-state index contributed by atoms with van der Waals surface area (Å²) >= 11 is 0. The fourth-order valence-electron chi connectivity index (χ4n) is 0.669. The number of carbonyl (C=O) groups excluding carboxylic acids is 1. The van der Waals surface area contributed by atoms with Crippen LogP contribution in [0.3, 0.4) is 0 Å². The minimum atomic E-state index is -0.831. The predicted molar refractivity (Wildman–Crippen MR) is 43.5 cm³/mol. The van der Waals surface area contributed by atoms with Crippen molar-refractivity contribution < 1.29 is 19.4 Å². The molecule has 0 aromatic carbocycles. The van der Waals surface area contributed by atoms with Gasteiger partial charge in [-0.1, -0.05) is 6.92 Å². The van der Waals surface area contributed by atoms with Crippen molar-refractivity contribution in [3.05, 3.63) is 0 Å². The molecule has 0 fully saturated rings. The first-order chi connectivity index (χ1) is 5.57. The van der Waals surface area contributed by atoms with Gasteiger partial charge in [-0.25, -0.2) is 0 Å². The molecule has 0 bridgehead atoms. The first-order valence-electron chi connectivity index (χ1n) is 4.04. The van der Waals surface area contributed by atoms with E-state index in [0.717, 1.165) is 6.42 Å². The number of rotatable bonds is 5. The number of ether oxygens (including phenoxy) is 2. The summed E-state index contributed by atoms with van der Waals surface area (Å²) in [6.45, 7) is 5.21. The lowest BCUT2D eigenvalue weighted by Gasteiger charge is -2.19. The SMILES string of the molecule is CCCOC(OC(C)=O)C(C)O. The van der Waals surface area contributed by atoms with Crippen LogP contribution in [0.25, 0.3) is 0 Å². The Morgan fingerprint density at radius 3 is 2.50 bits per heavy atom. The van der Waals surface area contributed by atoms with Gasteiger partial charge in [0.1, 0.15) is 6.10 Å². The van der Waals surface area contributed by atoms with Crippen LogP contribution in [0.2, 0.25) is 0 Å².